The first kappa shape index (κ1) is 15.0. The molecule has 0 saturated carbocycles. The van der Waals surface area contributed by atoms with Crippen molar-refractivity contribution in [1.82, 2.24) is 0 Å². The number of rotatable bonds is 3. The quantitative estimate of drug-likeness (QED) is 0.724. The maximum atomic E-state index is 5.56. The topological polar surface area (TPSA) is 18.5 Å². The van der Waals surface area contributed by atoms with Crippen molar-refractivity contribution in [2.45, 2.75) is 0 Å². The normalized spacial score (nSPS) is 13.8. The van der Waals surface area contributed by atoms with Crippen LogP contribution in [0.3, 0.4) is 0 Å². The van der Waals surface area contributed by atoms with Crippen LogP contribution < -0.4 is 30.3 Å². The molecule has 0 bridgehead atoms. The maximum absolute atomic E-state index is 5.56. The highest BCUT2D eigenvalue weighted by Gasteiger charge is 2.24. The van der Waals surface area contributed by atoms with Crippen LogP contribution in [0.25, 0.3) is 22.8 Å². The lowest BCUT2D eigenvalue weighted by Crippen LogP contribution is -2.27. The summed E-state index contributed by atoms with van der Waals surface area (Å²) >= 11 is 0. The molecule has 2 aliphatic carbocycles. The molecule has 0 radical (unpaired) electrons. The van der Waals surface area contributed by atoms with Crippen LogP contribution >= 0.6 is 0 Å². The number of hydrogen-bond acceptors (Lipinski definition) is 2. The monoisotopic (exact) mass is 338 g/mol. The van der Waals surface area contributed by atoms with Crippen LogP contribution in [0, 0.1) is 0 Å². The van der Waals surface area contributed by atoms with E-state index in [1.165, 1.54) is 43.2 Å². The lowest BCUT2D eigenvalue weighted by Gasteiger charge is -2.09. The van der Waals surface area contributed by atoms with Crippen LogP contribution in [0.2, 0.25) is 0 Å². The molecular formula is C24H18O2. The van der Waals surface area contributed by atoms with Crippen molar-refractivity contribution in [3.8, 4) is 11.5 Å². The van der Waals surface area contributed by atoms with Crippen molar-refractivity contribution in [2.75, 3.05) is 14.2 Å². The molecule has 0 fully saturated rings. The van der Waals surface area contributed by atoms with Gasteiger partial charge in [0.1, 0.15) is 0 Å². The van der Waals surface area contributed by atoms with E-state index < -0.39 is 0 Å². The summed E-state index contributed by atoms with van der Waals surface area (Å²) in [5, 5.41) is 4.96. The van der Waals surface area contributed by atoms with E-state index in [4.69, 9.17) is 9.47 Å². The predicted molar refractivity (Wildman–Crippen MR) is 105 cm³/mol. The van der Waals surface area contributed by atoms with Crippen molar-refractivity contribution in [2.24, 2.45) is 0 Å². The zero-order chi connectivity index (χ0) is 17.7. The second-order valence-corrected chi connectivity index (χ2v) is 6.51. The Hall–Kier alpha value is -3.26. The molecule has 2 heteroatoms. The van der Waals surface area contributed by atoms with Gasteiger partial charge in [0.25, 0.3) is 0 Å². The summed E-state index contributed by atoms with van der Waals surface area (Å²) in [7, 11) is 3.36. The van der Waals surface area contributed by atoms with Gasteiger partial charge in [0.2, 0.25) is 0 Å². The summed E-state index contributed by atoms with van der Waals surface area (Å²) in [5.74, 6) is 1.52. The Kier molecular flexibility index (Phi) is 3.26. The number of ether oxygens (including phenoxy) is 2. The predicted octanol–water partition coefficient (Wildman–Crippen LogP) is 1.71. The molecule has 3 aromatic rings. The van der Waals surface area contributed by atoms with Gasteiger partial charge in [-0.1, -0.05) is 54.6 Å². The lowest BCUT2D eigenvalue weighted by molar-refractivity contribution is 0.354. The third kappa shape index (κ3) is 1.99. The van der Waals surface area contributed by atoms with Gasteiger partial charge in [-0.3, -0.25) is 0 Å². The smallest absolute Gasteiger partial charge is 0.161 e. The molecule has 2 nitrogen and oxygen atoms in total. The van der Waals surface area contributed by atoms with Gasteiger partial charge in [-0.2, -0.15) is 0 Å². The van der Waals surface area contributed by atoms with Crippen LogP contribution in [0.1, 0.15) is 5.56 Å². The van der Waals surface area contributed by atoms with Gasteiger partial charge >= 0.3 is 0 Å². The van der Waals surface area contributed by atoms with Crippen LogP contribution in [-0.2, 0) is 0 Å². The standard InChI is InChI=1S/C24H18O2/c1-25-21-13-16-12-20-17-10-6-7-11-18(17)23(15-8-4-3-5-9-15)24(20)19(16)14-22(21)26-2/h3-14H,1-2H3. The van der Waals surface area contributed by atoms with Gasteiger partial charge < -0.3 is 9.47 Å². The van der Waals surface area contributed by atoms with Crippen LogP contribution in [0.4, 0.5) is 0 Å². The Morgan fingerprint density at radius 3 is 2.00 bits per heavy atom. The second kappa shape index (κ2) is 5.63. The molecule has 2 aliphatic rings. The minimum Gasteiger partial charge on any atom is -0.493 e. The van der Waals surface area contributed by atoms with E-state index in [-0.39, 0.29) is 0 Å². The first-order valence-electron chi connectivity index (χ1n) is 8.69. The molecule has 3 aromatic carbocycles. The average Bonchev–Trinajstić information content (AvgIpc) is 3.21. The number of methoxy groups -OCH3 is 2. The number of benzene rings is 3. The Labute approximate surface area is 151 Å². The summed E-state index contributed by atoms with van der Waals surface area (Å²) in [5.41, 5.74) is 5.09. The summed E-state index contributed by atoms with van der Waals surface area (Å²) in [4.78, 5) is 0. The fraction of sp³-hybridized carbons (Fsp3) is 0.0833. The third-order valence-electron chi connectivity index (χ3n) is 5.19. The van der Waals surface area contributed by atoms with Crippen LogP contribution in [-0.4, -0.2) is 14.2 Å². The SMILES string of the molecule is COc1cc2c(cc1OC)=C1C(=c3ccccc3=C1c1ccccc1)C=2. The zero-order valence-corrected chi connectivity index (χ0v) is 14.7. The molecule has 126 valence electrons. The van der Waals surface area contributed by atoms with E-state index in [2.05, 4.69) is 72.8 Å². The van der Waals surface area contributed by atoms with Gasteiger partial charge in [-0.05, 0) is 61.4 Å². The Bertz CT molecular complexity index is 1280. The van der Waals surface area contributed by atoms with Crippen molar-refractivity contribution in [1.29, 1.82) is 0 Å². The summed E-state index contributed by atoms with van der Waals surface area (Å²) in [6.07, 6.45) is 2.27. The molecule has 0 unspecified atom stereocenters. The molecule has 0 saturated heterocycles. The van der Waals surface area contributed by atoms with Gasteiger partial charge in [0.05, 0.1) is 14.2 Å². The van der Waals surface area contributed by atoms with E-state index in [1.807, 2.05) is 0 Å². The Morgan fingerprint density at radius 1 is 0.615 bits per heavy atom. The van der Waals surface area contributed by atoms with Crippen molar-refractivity contribution in [3.05, 3.63) is 93.2 Å². The first-order chi connectivity index (χ1) is 12.8. The fourth-order valence-electron chi connectivity index (χ4n) is 4.06. The number of fused-ring (bicyclic) bond motifs is 3. The third-order valence-corrected chi connectivity index (χ3v) is 5.19. The molecule has 0 N–H and O–H groups in total. The maximum Gasteiger partial charge on any atom is 0.161 e. The van der Waals surface area contributed by atoms with E-state index in [1.54, 1.807) is 14.2 Å². The van der Waals surface area contributed by atoms with Crippen molar-refractivity contribution < 1.29 is 9.47 Å². The van der Waals surface area contributed by atoms with E-state index >= 15 is 0 Å². The van der Waals surface area contributed by atoms with E-state index in [9.17, 15) is 0 Å². The highest BCUT2D eigenvalue weighted by Crippen LogP contribution is 2.33. The zero-order valence-electron chi connectivity index (χ0n) is 14.7. The average molecular weight is 338 g/mol. The fourth-order valence-corrected chi connectivity index (χ4v) is 4.06. The Morgan fingerprint density at radius 2 is 1.27 bits per heavy atom. The van der Waals surface area contributed by atoms with Crippen molar-refractivity contribution >= 4 is 22.8 Å². The Balaban J connectivity index is 1.96. The summed E-state index contributed by atoms with van der Waals surface area (Å²) < 4.78 is 11.1. The second-order valence-electron chi connectivity index (χ2n) is 6.51. The highest BCUT2D eigenvalue weighted by atomic mass is 16.5. The van der Waals surface area contributed by atoms with Crippen molar-refractivity contribution in [3.63, 3.8) is 0 Å². The van der Waals surface area contributed by atoms with Crippen LogP contribution in [0.5, 0.6) is 11.5 Å². The minimum absolute atomic E-state index is 0.761. The van der Waals surface area contributed by atoms with Gasteiger partial charge in [-0.15, -0.1) is 0 Å². The molecule has 26 heavy (non-hydrogen) atoms. The highest BCUT2D eigenvalue weighted by molar-refractivity contribution is 6.25. The largest absolute Gasteiger partial charge is 0.493 e. The van der Waals surface area contributed by atoms with E-state index in [0.29, 0.717) is 0 Å². The van der Waals surface area contributed by atoms with Crippen LogP contribution in [0.15, 0.2) is 66.7 Å². The van der Waals surface area contributed by atoms with E-state index in [0.717, 1.165) is 11.5 Å². The molecule has 0 amide bonds. The molecule has 0 spiro atoms. The lowest BCUT2D eigenvalue weighted by atomic mass is 9.96. The van der Waals surface area contributed by atoms with Gasteiger partial charge in [-0.25, -0.2) is 0 Å². The molecule has 0 aromatic heterocycles. The minimum atomic E-state index is 0.761. The summed E-state index contributed by atoms with van der Waals surface area (Å²) in [6, 6.07) is 23.4. The molecule has 0 heterocycles. The first-order valence-corrected chi connectivity index (χ1v) is 8.69. The van der Waals surface area contributed by atoms with Gasteiger partial charge in [0, 0.05) is 0 Å². The summed E-state index contributed by atoms with van der Waals surface area (Å²) in [6.45, 7) is 0. The number of hydrogen-bond donors (Lipinski definition) is 0. The molecule has 5 rings (SSSR count). The van der Waals surface area contributed by atoms with Gasteiger partial charge in [0.15, 0.2) is 11.5 Å². The molecule has 0 atom stereocenters. The molecule has 0 aliphatic heterocycles. The molecular weight excluding hydrogens is 320 g/mol.